The van der Waals surface area contributed by atoms with Crippen LogP contribution in [0.15, 0.2) is 66.2 Å². The summed E-state index contributed by atoms with van der Waals surface area (Å²) in [6.45, 7) is 0. The molecule has 208 valence electrons. The molecule has 0 aliphatic heterocycles. The van der Waals surface area contributed by atoms with E-state index in [1.165, 1.54) is 31.6 Å². The molecule has 12 heteroatoms. The van der Waals surface area contributed by atoms with Crippen molar-refractivity contribution in [3.63, 3.8) is 0 Å². The number of thiazole rings is 1. The van der Waals surface area contributed by atoms with E-state index in [1.807, 2.05) is 12.1 Å². The van der Waals surface area contributed by atoms with Gasteiger partial charge in [0.15, 0.2) is 23.1 Å². The lowest BCUT2D eigenvalue weighted by molar-refractivity contribution is 0.0597. The van der Waals surface area contributed by atoms with E-state index >= 15 is 0 Å². The van der Waals surface area contributed by atoms with Crippen LogP contribution in [0.4, 0.5) is 17.2 Å². The summed E-state index contributed by atoms with van der Waals surface area (Å²) in [4.78, 5) is 39.6. The van der Waals surface area contributed by atoms with Gasteiger partial charge in [-0.05, 0) is 36.4 Å². The number of aromatic nitrogens is 3. The molecule has 0 bridgehead atoms. The number of hydrogen-bond donors (Lipinski definition) is 2. The Morgan fingerprint density at radius 3 is 2.32 bits per heavy atom. The Labute approximate surface area is 239 Å². The number of methoxy groups -OCH3 is 4. The first-order valence-electron chi connectivity index (χ1n) is 12.2. The van der Waals surface area contributed by atoms with Crippen LogP contribution in [0.3, 0.4) is 0 Å². The number of fused-ring (bicyclic) bond motifs is 1. The lowest BCUT2D eigenvalue weighted by Crippen LogP contribution is -2.13. The van der Waals surface area contributed by atoms with Crippen LogP contribution in [-0.2, 0) is 4.74 Å². The van der Waals surface area contributed by atoms with Crippen LogP contribution in [0.25, 0.3) is 21.7 Å². The summed E-state index contributed by atoms with van der Waals surface area (Å²) >= 11 is 1.38. The minimum Gasteiger partial charge on any atom is -0.496 e. The quantitative estimate of drug-likeness (QED) is 0.217. The molecule has 0 aliphatic carbocycles. The second-order valence-corrected chi connectivity index (χ2v) is 9.37. The van der Waals surface area contributed by atoms with Crippen LogP contribution >= 0.6 is 11.3 Å². The zero-order chi connectivity index (χ0) is 28.9. The van der Waals surface area contributed by atoms with Crippen molar-refractivity contribution in [3.8, 4) is 28.6 Å². The molecule has 11 nitrogen and oxygen atoms in total. The molecular formula is C29H25N5O6S. The number of nitrogens with one attached hydrogen (secondary N) is 2. The Balaban J connectivity index is 1.43. The minimum atomic E-state index is -0.537. The highest BCUT2D eigenvalue weighted by molar-refractivity contribution is 7.16. The number of esters is 1. The van der Waals surface area contributed by atoms with Crippen molar-refractivity contribution >= 4 is 50.8 Å². The monoisotopic (exact) mass is 571 g/mol. The van der Waals surface area contributed by atoms with Crippen molar-refractivity contribution in [3.05, 3.63) is 77.3 Å². The van der Waals surface area contributed by atoms with Crippen molar-refractivity contribution < 1.29 is 28.5 Å². The molecule has 41 heavy (non-hydrogen) atoms. The van der Waals surface area contributed by atoms with Crippen molar-refractivity contribution in [2.24, 2.45) is 0 Å². The third-order valence-electron chi connectivity index (χ3n) is 6.09. The predicted molar refractivity (Wildman–Crippen MR) is 156 cm³/mol. The van der Waals surface area contributed by atoms with Gasteiger partial charge in [0.2, 0.25) is 0 Å². The van der Waals surface area contributed by atoms with Gasteiger partial charge in [-0.1, -0.05) is 12.1 Å². The molecule has 0 radical (unpaired) electrons. The predicted octanol–water partition coefficient (Wildman–Crippen LogP) is 5.56. The van der Waals surface area contributed by atoms with E-state index in [9.17, 15) is 9.59 Å². The number of nitrogens with zero attached hydrogens (tertiary/aromatic N) is 3. The molecule has 0 spiro atoms. The van der Waals surface area contributed by atoms with Crippen molar-refractivity contribution in [1.29, 1.82) is 0 Å². The second kappa shape index (κ2) is 11.9. The van der Waals surface area contributed by atoms with Crippen molar-refractivity contribution in [1.82, 2.24) is 15.0 Å². The number of carbonyl (C=O) groups is 2. The van der Waals surface area contributed by atoms with E-state index in [2.05, 4.69) is 20.6 Å². The van der Waals surface area contributed by atoms with Crippen LogP contribution < -0.4 is 24.8 Å². The Morgan fingerprint density at radius 2 is 1.56 bits per heavy atom. The van der Waals surface area contributed by atoms with Crippen molar-refractivity contribution in [2.75, 3.05) is 39.1 Å². The van der Waals surface area contributed by atoms with E-state index in [4.69, 9.17) is 23.9 Å². The number of rotatable bonds is 9. The van der Waals surface area contributed by atoms with Gasteiger partial charge in [0.25, 0.3) is 5.91 Å². The molecule has 0 aliphatic rings. The average molecular weight is 572 g/mol. The van der Waals surface area contributed by atoms with E-state index < -0.39 is 5.97 Å². The van der Waals surface area contributed by atoms with Crippen LogP contribution in [0.5, 0.6) is 17.2 Å². The number of anilines is 3. The molecule has 2 heterocycles. The summed E-state index contributed by atoms with van der Waals surface area (Å²) in [5.74, 6) is 1.48. The highest BCUT2D eigenvalue weighted by Crippen LogP contribution is 2.33. The molecule has 1 amide bonds. The van der Waals surface area contributed by atoms with Gasteiger partial charge in [-0.2, -0.15) is 0 Å². The fourth-order valence-electron chi connectivity index (χ4n) is 4.08. The molecule has 3 aromatic carbocycles. The molecule has 0 atom stereocenters. The standard InChI is InChI=1S/C29H25N5O6S/c1-37-21-11-9-18(14-23(21)39-3)31-26-24-28(41-15-30-24)34-25(33-26)16-6-5-7-17(12-16)27(35)32-19-8-10-20(29(36)40-4)22(13-19)38-2/h5-15H,1-4H3,(H,32,35)(H,31,33,34). The number of ether oxygens (including phenoxy) is 4. The highest BCUT2D eigenvalue weighted by Gasteiger charge is 2.17. The first-order valence-corrected chi connectivity index (χ1v) is 13.1. The Bertz CT molecular complexity index is 1760. The topological polar surface area (TPSA) is 134 Å². The number of carbonyl (C=O) groups excluding carboxylic acids is 2. The summed E-state index contributed by atoms with van der Waals surface area (Å²) in [6, 6.07) is 17.1. The molecule has 0 saturated heterocycles. The molecule has 0 fully saturated rings. The zero-order valence-electron chi connectivity index (χ0n) is 22.6. The summed E-state index contributed by atoms with van der Waals surface area (Å²) in [5, 5.41) is 6.13. The Kier molecular flexibility index (Phi) is 7.92. The lowest BCUT2D eigenvalue weighted by Gasteiger charge is -2.12. The van der Waals surface area contributed by atoms with Crippen molar-refractivity contribution in [2.45, 2.75) is 0 Å². The van der Waals surface area contributed by atoms with Gasteiger partial charge in [0.1, 0.15) is 21.7 Å². The summed E-state index contributed by atoms with van der Waals surface area (Å²) in [7, 11) is 5.87. The first kappa shape index (κ1) is 27.3. The molecule has 2 aromatic heterocycles. The van der Waals surface area contributed by atoms with Gasteiger partial charge in [-0.25, -0.2) is 19.7 Å². The van der Waals surface area contributed by atoms with Gasteiger partial charge in [0, 0.05) is 34.6 Å². The Hall–Kier alpha value is -5.23. The zero-order valence-corrected chi connectivity index (χ0v) is 23.4. The number of benzene rings is 3. The third-order valence-corrected chi connectivity index (χ3v) is 6.81. The third kappa shape index (κ3) is 5.72. The minimum absolute atomic E-state index is 0.253. The molecule has 2 N–H and O–H groups in total. The molecular weight excluding hydrogens is 546 g/mol. The van der Waals surface area contributed by atoms with Gasteiger partial charge in [0.05, 0.1) is 33.9 Å². The van der Waals surface area contributed by atoms with Crippen LogP contribution in [-0.4, -0.2) is 55.3 Å². The van der Waals surface area contributed by atoms with E-state index in [-0.39, 0.29) is 17.2 Å². The highest BCUT2D eigenvalue weighted by atomic mass is 32.1. The lowest BCUT2D eigenvalue weighted by atomic mass is 10.1. The fraction of sp³-hybridized carbons (Fsp3) is 0.138. The summed E-state index contributed by atoms with van der Waals surface area (Å²) < 4.78 is 20.8. The second-order valence-electron chi connectivity index (χ2n) is 8.54. The normalized spacial score (nSPS) is 10.6. The van der Waals surface area contributed by atoms with Gasteiger partial charge in [-0.15, -0.1) is 11.3 Å². The maximum Gasteiger partial charge on any atom is 0.341 e. The van der Waals surface area contributed by atoms with Gasteiger partial charge < -0.3 is 29.6 Å². The maximum absolute atomic E-state index is 13.1. The summed E-state index contributed by atoms with van der Waals surface area (Å²) in [5.41, 5.74) is 4.78. The fourth-order valence-corrected chi connectivity index (χ4v) is 4.74. The SMILES string of the molecule is COC(=O)c1ccc(NC(=O)c2cccc(-c3nc(Nc4ccc(OC)c(OC)c4)c4ncsc4n3)c2)cc1OC. The average Bonchev–Trinajstić information content (AvgIpc) is 3.50. The smallest absolute Gasteiger partial charge is 0.341 e. The molecule has 5 rings (SSSR count). The largest absolute Gasteiger partial charge is 0.496 e. The van der Waals surface area contributed by atoms with Crippen LogP contribution in [0.1, 0.15) is 20.7 Å². The van der Waals surface area contributed by atoms with Gasteiger partial charge >= 0.3 is 5.97 Å². The first-order chi connectivity index (χ1) is 19.9. The van der Waals surface area contributed by atoms with Crippen LogP contribution in [0, 0.1) is 0 Å². The molecule has 0 unspecified atom stereocenters. The maximum atomic E-state index is 13.1. The van der Waals surface area contributed by atoms with E-state index in [1.54, 1.807) is 62.2 Å². The van der Waals surface area contributed by atoms with Crippen LogP contribution in [0.2, 0.25) is 0 Å². The van der Waals surface area contributed by atoms with E-state index in [0.717, 1.165) is 5.69 Å². The number of hydrogen-bond acceptors (Lipinski definition) is 11. The molecule has 5 aromatic rings. The number of amides is 1. The summed E-state index contributed by atoms with van der Waals surface area (Å²) in [6.07, 6.45) is 0. The molecule has 0 saturated carbocycles. The van der Waals surface area contributed by atoms with Gasteiger partial charge in [-0.3, -0.25) is 4.79 Å². The Morgan fingerprint density at radius 1 is 0.805 bits per heavy atom. The van der Waals surface area contributed by atoms with E-state index in [0.29, 0.717) is 50.3 Å².